The number of hydrogen-bond acceptors (Lipinski definition) is 5. The number of ether oxygens (including phenoxy) is 1. The van der Waals surface area contributed by atoms with Crippen molar-refractivity contribution >= 4 is 27.6 Å². The highest BCUT2D eigenvalue weighted by Crippen LogP contribution is 2.36. The molecule has 2 aromatic rings. The maximum atomic E-state index is 13.2. The summed E-state index contributed by atoms with van der Waals surface area (Å²) in [5.41, 5.74) is 6.71. The maximum absolute atomic E-state index is 13.2. The minimum Gasteiger partial charge on any atom is -0.449 e. The van der Waals surface area contributed by atoms with E-state index < -0.39 is 28.0 Å². The number of benzene rings is 2. The van der Waals surface area contributed by atoms with E-state index in [0.717, 1.165) is 5.56 Å². The molecule has 0 saturated heterocycles. The lowest BCUT2D eigenvalue weighted by molar-refractivity contribution is -0.125. The number of primary amides is 1. The number of rotatable bonds is 5. The monoisotopic (exact) mass is 388 g/mol. The number of esters is 1. The van der Waals surface area contributed by atoms with E-state index in [1.54, 1.807) is 12.1 Å². The van der Waals surface area contributed by atoms with Crippen LogP contribution in [0.2, 0.25) is 0 Å². The van der Waals surface area contributed by atoms with Gasteiger partial charge < -0.3 is 10.5 Å². The summed E-state index contributed by atoms with van der Waals surface area (Å²) in [7, 11) is -3.87. The van der Waals surface area contributed by atoms with Crippen molar-refractivity contribution in [3.05, 3.63) is 59.7 Å². The number of fused-ring (bicyclic) bond motifs is 1. The van der Waals surface area contributed by atoms with Gasteiger partial charge in [0.05, 0.1) is 16.1 Å². The minimum atomic E-state index is -3.87. The fraction of sp³-hybridized carbons (Fsp3) is 0.263. The maximum Gasteiger partial charge on any atom is 0.338 e. The van der Waals surface area contributed by atoms with Crippen LogP contribution in [0.4, 0.5) is 5.69 Å². The fourth-order valence-electron chi connectivity index (χ4n) is 3.09. The molecule has 2 aromatic carbocycles. The van der Waals surface area contributed by atoms with Gasteiger partial charge in [0, 0.05) is 6.04 Å². The van der Waals surface area contributed by atoms with E-state index in [1.807, 2.05) is 19.1 Å². The van der Waals surface area contributed by atoms with Crippen molar-refractivity contribution in [3.63, 3.8) is 0 Å². The summed E-state index contributed by atoms with van der Waals surface area (Å²) in [4.78, 5) is 23.2. The van der Waals surface area contributed by atoms with Crippen molar-refractivity contribution in [1.29, 1.82) is 0 Å². The van der Waals surface area contributed by atoms with Gasteiger partial charge in [-0.1, -0.05) is 24.3 Å². The molecule has 2 atom stereocenters. The Bertz CT molecular complexity index is 1000. The molecule has 2 N–H and O–H groups in total. The van der Waals surface area contributed by atoms with E-state index in [1.165, 1.54) is 35.5 Å². The number of carbonyl (C=O) groups is 2. The van der Waals surface area contributed by atoms with Gasteiger partial charge in [0.2, 0.25) is 0 Å². The van der Waals surface area contributed by atoms with Gasteiger partial charge in [-0.05, 0) is 50.1 Å². The van der Waals surface area contributed by atoms with Crippen LogP contribution in [-0.4, -0.2) is 32.4 Å². The summed E-state index contributed by atoms with van der Waals surface area (Å²) in [6, 6.07) is 12.7. The van der Waals surface area contributed by atoms with Gasteiger partial charge in [0.15, 0.2) is 6.10 Å². The van der Waals surface area contributed by atoms with Crippen LogP contribution >= 0.6 is 0 Å². The van der Waals surface area contributed by atoms with Gasteiger partial charge in [-0.3, -0.25) is 9.10 Å². The number of anilines is 1. The van der Waals surface area contributed by atoms with Crippen molar-refractivity contribution in [2.24, 2.45) is 5.73 Å². The Balaban J connectivity index is 1.95. The largest absolute Gasteiger partial charge is 0.449 e. The Morgan fingerprint density at radius 1 is 1.19 bits per heavy atom. The Morgan fingerprint density at radius 3 is 2.59 bits per heavy atom. The number of amides is 1. The molecular formula is C19H20N2O5S. The lowest BCUT2D eigenvalue weighted by Gasteiger charge is -2.24. The molecule has 0 aliphatic carbocycles. The third-order valence-corrected chi connectivity index (χ3v) is 6.38. The number of nitrogens with two attached hydrogens (primary N) is 1. The summed E-state index contributed by atoms with van der Waals surface area (Å²) in [5.74, 6) is -1.59. The quantitative estimate of drug-likeness (QED) is 0.787. The highest BCUT2D eigenvalue weighted by Gasteiger charge is 2.36. The first-order valence-corrected chi connectivity index (χ1v) is 9.88. The molecule has 0 aromatic heterocycles. The Kier molecular flexibility index (Phi) is 4.93. The lowest BCUT2D eigenvalue weighted by Crippen LogP contribution is -2.35. The van der Waals surface area contributed by atoms with Crippen LogP contribution in [0.3, 0.4) is 0 Å². The summed E-state index contributed by atoms with van der Waals surface area (Å²) in [6.45, 7) is 3.19. The molecule has 27 heavy (non-hydrogen) atoms. The van der Waals surface area contributed by atoms with Crippen LogP contribution in [0.5, 0.6) is 0 Å². The lowest BCUT2D eigenvalue weighted by atomic mass is 10.1. The first-order valence-electron chi connectivity index (χ1n) is 8.44. The van der Waals surface area contributed by atoms with Crippen LogP contribution in [0, 0.1) is 0 Å². The molecule has 0 spiro atoms. The van der Waals surface area contributed by atoms with Gasteiger partial charge in [0.25, 0.3) is 15.9 Å². The zero-order valence-corrected chi connectivity index (χ0v) is 15.8. The summed E-state index contributed by atoms with van der Waals surface area (Å²) in [5, 5.41) is 0. The Hall–Kier alpha value is -2.87. The van der Waals surface area contributed by atoms with Crippen molar-refractivity contribution in [2.75, 3.05) is 4.31 Å². The van der Waals surface area contributed by atoms with Gasteiger partial charge in [0.1, 0.15) is 0 Å². The summed E-state index contributed by atoms with van der Waals surface area (Å²) >= 11 is 0. The van der Waals surface area contributed by atoms with Crippen LogP contribution in [0.15, 0.2) is 53.4 Å². The van der Waals surface area contributed by atoms with Crippen LogP contribution in [0.1, 0.15) is 29.8 Å². The van der Waals surface area contributed by atoms with Gasteiger partial charge in [-0.25, -0.2) is 13.2 Å². The Labute approximate surface area is 157 Å². The normalized spacial score (nSPS) is 17.3. The molecule has 142 valence electrons. The molecule has 0 saturated carbocycles. The van der Waals surface area contributed by atoms with Gasteiger partial charge in [-0.15, -0.1) is 0 Å². The number of hydrogen-bond donors (Lipinski definition) is 1. The Morgan fingerprint density at radius 2 is 1.89 bits per heavy atom. The van der Waals surface area contributed by atoms with Crippen molar-refractivity contribution in [1.82, 2.24) is 0 Å². The average Bonchev–Trinajstić information content (AvgIpc) is 2.98. The molecule has 1 aliphatic rings. The predicted molar refractivity (Wildman–Crippen MR) is 99.8 cm³/mol. The van der Waals surface area contributed by atoms with Gasteiger partial charge in [-0.2, -0.15) is 0 Å². The molecule has 1 amide bonds. The number of sulfonamides is 1. The van der Waals surface area contributed by atoms with E-state index in [-0.39, 0.29) is 16.5 Å². The van der Waals surface area contributed by atoms with E-state index in [4.69, 9.17) is 10.5 Å². The molecule has 0 radical (unpaired) electrons. The average molecular weight is 388 g/mol. The topological polar surface area (TPSA) is 107 Å². The molecule has 0 unspecified atom stereocenters. The predicted octanol–water partition coefficient (Wildman–Crippen LogP) is 1.86. The fourth-order valence-corrected chi connectivity index (χ4v) is 4.83. The van der Waals surface area contributed by atoms with Gasteiger partial charge >= 0.3 is 5.97 Å². The van der Waals surface area contributed by atoms with E-state index in [0.29, 0.717) is 12.1 Å². The molecule has 8 heteroatoms. The smallest absolute Gasteiger partial charge is 0.338 e. The minimum absolute atomic E-state index is 0.0211. The van der Waals surface area contributed by atoms with Crippen LogP contribution < -0.4 is 10.0 Å². The first kappa shape index (κ1) is 18.9. The zero-order chi connectivity index (χ0) is 19.8. The van der Waals surface area contributed by atoms with Crippen LogP contribution in [-0.2, 0) is 26.0 Å². The number of carbonyl (C=O) groups excluding carboxylic acids is 2. The van der Waals surface area contributed by atoms with Crippen LogP contribution in [0.25, 0.3) is 0 Å². The second-order valence-electron chi connectivity index (χ2n) is 6.46. The van der Waals surface area contributed by atoms with E-state index in [9.17, 15) is 18.0 Å². The zero-order valence-electron chi connectivity index (χ0n) is 15.0. The highest BCUT2D eigenvalue weighted by molar-refractivity contribution is 7.92. The molecule has 0 bridgehead atoms. The van der Waals surface area contributed by atoms with Crippen molar-refractivity contribution < 1.29 is 22.7 Å². The molecule has 3 rings (SSSR count). The second kappa shape index (κ2) is 7.03. The molecule has 7 nitrogen and oxygen atoms in total. The molecular weight excluding hydrogens is 368 g/mol. The number of nitrogens with zero attached hydrogens (tertiary/aromatic N) is 1. The summed E-state index contributed by atoms with van der Waals surface area (Å²) in [6.07, 6.45) is -0.490. The highest BCUT2D eigenvalue weighted by atomic mass is 32.2. The van der Waals surface area contributed by atoms with Crippen molar-refractivity contribution in [3.8, 4) is 0 Å². The standard InChI is InChI=1S/C19H20N2O5S/c1-12-10-14-6-3-4-9-17(14)21(12)27(24,25)16-8-5-7-15(11-16)19(23)26-13(2)18(20)22/h3-9,11-13H,10H2,1-2H3,(H2,20,22)/t12-,13+/m0/s1. The molecule has 1 heterocycles. The molecule has 1 aliphatic heterocycles. The van der Waals surface area contributed by atoms with Crippen molar-refractivity contribution in [2.45, 2.75) is 37.3 Å². The van der Waals surface area contributed by atoms with E-state index >= 15 is 0 Å². The SMILES string of the molecule is C[C@@H](OC(=O)c1cccc(S(=O)(=O)N2c3ccccc3C[C@@H]2C)c1)C(N)=O. The summed E-state index contributed by atoms with van der Waals surface area (Å²) < 4.78 is 32.7. The second-order valence-corrected chi connectivity index (χ2v) is 8.28. The van der Waals surface area contributed by atoms with E-state index in [2.05, 4.69) is 0 Å². The third-order valence-electron chi connectivity index (χ3n) is 4.46. The first-order chi connectivity index (χ1) is 12.7. The third kappa shape index (κ3) is 3.52. The molecule has 0 fully saturated rings. The number of para-hydroxylation sites is 1.